The molecule has 0 saturated heterocycles. The number of carbonyl (C=O) groups is 2. The van der Waals surface area contributed by atoms with Crippen LogP contribution < -0.4 is 10.5 Å². The van der Waals surface area contributed by atoms with Crippen molar-refractivity contribution in [2.75, 3.05) is 13.7 Å². The van der Waals surface area contributed by atoms with E-state index in [0.29, 0.717) is 12.8 Å². The molecule has 24 heavy (non-hydrogen) atoms. The van der Waals surface area contributed by atoms with Gasteiger partial charge in [0.2, 0.25) is 0 Å². The fourth-order valence-corrected chi connectivity index (χ4v) is 2.67. The van der Waals surface area contributed by atoms with E-state index in [0.717, 1.165) is 11.3 Å². The molecule has 1 rings (SSSR count). The molecular weight excluding hydrogens is 310 g/mol. The highest BCUT2D eigenvalue weighted by atomic mass is 16.5. The minimum atomic E-state index is -0.957. The van der Waals surface area contributed by atoms with Crippen molar-refractivity contribution in [3.8, 4) is 5.75 Å². The van der Waals surface area contributed by atoms with Gasteiger partial charge in [-0.15, -0.1) is 0 Å². The molecule has 6 nitrogen and oxygen atoms in total. The van der Waals surface area contributed by atoms with Gasteiger partial charge in [0, 0.05) is 6.04 Å². The average Bonchev–Trinajstić information content (AvgIpc) is 2.57. The lowest BCUT2D eigenvalue weighted by Gasteiger charge is -2.26. The maximum absolute atomic E-state index is 11.8. The molecule has 134 valence electrons. The van der Waals surface area contributed by atoms with Gasteiger partial charge in [-0.2, -0.15) is 0 Å². The summed E-state index contributed by atoms with van der Waals surface area (Å²) < 4.78 is 10.1. The highest BCUT2D eigenvalue weighted by Gasteiger charge is 2.31. The predicted molar refractivity (Wildman–Crippen MR) is 90.8 cm³/mol. The van der Waals surface area contributed by atoms with Crippen molar-refractivity contribution >= 4 is 11.9 Å². The number of rotatable bonds is 10. The van der Waals surface area contributed by atoms with E-state index in [1.165, 1.54) is 0 Å². The Balaban J connectivity index is 2.73. The molecule has 0 spiro atoms. The molecule has 0 aromatic heterocycles. The van der Waals surface area contributed by atoms with Crippen LogP contribution in [-0.4, -0.2) is 36.8 Å². The molecule has 0 aliphatic carbocycles. The van der Waals surface area contributed by atoms with Crippen LogP contribution in [0.5, 0.6) is 5.75 Å². The first-order valence-corrected chi connectivity index (χ1v) is 8.16. The van der Waals surface area contributed by atoms with Crippen LogP contribution in [0.15, 0.2) is 24.3 Å². The third kappa shape index (κ3) is 6.20. The highest BCUT2D eigenvalue weighted by Crippen LogP contribution is 2.24. The summed E-state index contributed by atoms with van der Waals surface area (Å²) in [6.45, 7) is 3.57. The number of carboxylic acid groups (broad SMARTS) is 1. The Labute approximate surface area is 142 Å². The van der Waals surface area contributed by atoms with Gasteiger partial charge >= 0.3 is 11.9 Å². The summed E-state index contributed by atoms with van der Waals surface area (Å²) in [5.74, 6) is -1.78. The second-order valence-electron chi connectivity index (χ2n) is 5.85. The van der Waals surface area contributed by atoms with Crippen LogP contribution in [0.3, 0.4) is 0 Å². The minimum absolute atomic E-state index is 0.0145. The lowest BCUT2D eigenvalue weighted by molar-refractivity contribution is -0.148. The van der Waals surface area contributed by atoms with Gasteiger partial charge in [-0.3, -0.25) is 9.59 Å². The number of carbonyl (C=O) groups excluding carboxylic acids is 1. The van der Waals surface area contributed by atoms with Crippen LogP contribution >= 0.6 is 0 Å². The molecule has 6 heteroatoms. The van der Waals surface area contributed by atoms with Crippen molar-refractivity contribution in [2.45, 2.75) is 39.2 Å². The van der Waals surface area contributed by atoms with E-state index < -0.39 is 29.8 Å². The zero-order valence-electron chi connectivity index (χ0n) is 14.5. The molecule has 3 atom stereocenters. The topological polar surface area (TPSA) is 98.9 Å². The number of hydrogen-bond donors (Lipinski definition) is 2. The molecule has 0 radical (unpaired) electrons. The second kappa shape index (κ2) is 9.93. The first-order chi connectivity index (χ1) is 11.4. The van der Waals surface area contributed by atoms with E-state index in [9.17, 15) is 14.7 Å². The molecule has 0 aliphatic heterocycles. The fraction of sp³-hybridized carbons (Fsp3) is 0.556. The van der Waals surface area contributed by atoms with Gasteiger partial charge in [-0.25, -0.2) is 0 Å². The molecule has 1 aromatic rings. The molecule has 0 bridgehead atoms. The number of aliphatic carboxylic acids is 1. The molecule has 0 saturated carbocycles. The Morgan fingerprint density at radius 2 is 2.04 bits per heavy atom. The van der Waals surface area contributed by atoms with Crippen molar-refractivity contribution in [3.05, 3.63) is 29.8 Å². The van der Waals surface area contributed by atoms with Gasteiger partial charge in [0.1, 0.15) is 5.75 Å². The smallest absolute Gasteiger partial charge is 0.306 e. The number of benzene rings is 1. The Kier molecular flexibility index (Phi) is 8.26. The Hall–Kier alpha value is -2.08. The molecule has 0 aliphatic rings. The van der Waals surface area contributed by atoms with Crippen molar-refractivity contribution in [1.29, 1.82) is 0 Å². The Morgan fingerprint density at radius 3 is 2.62 bits per heavy atom. The molecular formula is C18H27NO5. The third-order valence-electron chi connectivity index (χ3n) is 4.19. The summed E-state index contributed by atoms with van der Waals surface area (Å²) in [6.07, 6.45) is 1.28. The average molecular weight is 337 g/mol. The number of hydrogen-bond acceptors (Lipinski definition) is 5. The van der Waals surface area contributed by atoms with Crippen molar-refractivity contribution in [2.24, 2.45) is 17.6 Å². The lowest BCUT2D eigenvalue weighted by atomic mass is 9.82. The normalized spacial score (nSPS) is 14.5. The summed E-state index contributed by atoms with van der Waals surface area (Å²) >= 11 is 0. The summed E-state index contributed by atoms with van der Waals surface area (Å²) in [7, 11) is 1.61. The zero-order chi connectivity index (χ0) is 18.1. The van der Waals surface area contributed by atoms with E-state index in [4.69, 9.17) is 15.2 Å². The van der Waals surface area contributed by atoms with E-state index in [1.807, 2.05) is 24.3 Å². The van der Waals surface area contributed by atoms with Gasteiger partial charge in [0.05, 0.1) is 26.1 Å². The lowest BCUT2D eigenvalue weighted by Crippen LogP contribution is -2.39. The number of aryl methyl sites for hydroxylation is 1. The standard InChI is InChI=1S/C18H27NO5/c1-4-24-17(20)11-15(12(2)18(21)22)16(19)9-8-13-6-5-7-14(10-13)23-3/h5-7,10,12,15-16H,4,8-9,11,19H2,1-3H3,(H,21,22). The summed E-state index contributed by atoms with van der Waals surface area (Å²) in [6, 6.07) is 7.24. The van der Waals surface area contributed by atoms with Crippen LogP contribution in [0.25, 0.3) is 0 Å². The van der Waals surface area contributed by atoms with Crippen LogP contribution in [0.2, 0.25) is 0 Å². The Morgan fingerprint density at radius 1 is 1.33 bits per heavy atom. The van der Waals surface area contributed by atoms with Crippen LogP contribution in [-0.2, 0) is 20.7 Å². The van der Waals surface area contributed by atoms with E-state index >= 15 is 0 Å². The largest absolute Gasteiger partial charge is 0.497 e. The molecule has 1 aromatic carbocycles. The second-order valence-corrected chi connectivity index (χ2v) is 5.85. The van der Waals surface area contributed by atoms with Crippen molar-refractivity contribution in [1.82, 2.24) is 0 Å². The molecule has 0 amide bonds. The number of esters is 1. The first kappa shape index (κ1) is 20.0. The third-order valence-corrected chi connectivity index (χ3v) is 4.19. The number of methoxy groups -OCH3 is 1. The summed E-state index contributed by atoms with van der Waals surface area (Å²) in [5, 5.41) is 9.27. The van der Waals surface area contributed by atoms with Crippen LogP contribution in [0.1, 0.15) is 32.3 Å². The quantitative estimate of drug-likeness (QED) is 0.635. The molecule has 0 heterocycles. The fourth-order valence-electron chi connectivity index (χ4n) is 2.67. The SMILES string of the molecule is CCOC(=O)CC(C(N)CCc1cccc(OC)c1)C(C)C(=O)O. The van der Waals surface area contributed by atoms with E-state index in [-0.39, 0.29) is 13.0 Å². The molecule has 0 fully saturated rings. The zero-order valence-corrected chi connectivity index (χ0v) is 14.5. The number of ether oxygens (including phenoxy) is 2. The predicted octanol–water partition coefficient (Wildman–Crippen LogP) is 2.25. The van der Waals surface area contributed by atoms with Crippen LogP contribution in [0.4, 0.5) is 0 Å². The monoisotopic (exact) mass is 337 g/mol. The van der Waals surface area contributed by atoms with E-state index in [2.05, 4.69) is 0 Å². The maximum Gasteiger partial charge on any atom is 0.306 e. The molecule has 3 unspecified atom stereocenters. The Bertz CT molecular complexity index is 546. The van der Waals surface area contributed by atoms with Gasteiger partial charge < -0.3 is 20.3 Å². The summed E-state index contributed by atoms with van der Waals surface area (Å²) in [5.41, 5.74) is 7.28. The van der Waals surface area contributed by atoms with E-state index in [1.54, 1.807) is 21.0 Å². The van der Waals surface area contributed by atoms with Crippen molar-refractivity contribution in [3.63, 3.8) is 0 Å². The number of carboxylic acids is 1. The van der Waals surface area contributed by atoms with Gasteiger partial charge in [-0.05, 0) is 43.4 Å². The summed E-state index contributed by atoms with van der Waals surface area (Å²) in [4.78, 5) is 23.1. The minimum Gasteiger partial charge on any atom is -0.497 e. The number of nitrogens with two attached hydrogens (primary N) is 1. The maximum atomic E-state index is 11.8. The van der Waals surface area contributed by atoms with Crippen LogP contribution in [0, 0.1) is 11.8 Å². The highest BCUT2D eigenvalue weighted by molar-refractivity contribution is 5.73. The molecule has 3 N–H and O–H groups in total. The van der Waals surface area contributed by atoms with Crippen molar-refractivity contribution < 1.29 is 24.2 Å². The first-order valence-electron chi connectivity index (χ1n) is 8.16. The van der Waals surface area contributed by atoms with Gasteiger partial charge in [-0.1, -0.05) is 19.1 Å². The van der Waals surface area contributed by atoms with Gasteiger partial charge in [0.25, 0.3) is 0 Å². The van der Waals surface area contributed by atoms with Gasteiger partial charge in [0.15, 0.2) is 0 Å².